The van der Waals surface area contributed by atoms with E-state index in [-0.39, 0.29) is 0 Å². The largest absolute Gasteiger partial charge is 0.437 e. The molecule has 6 nitrogen and oxygen atoms in total. The molecule has 0 aliphatic carbocycles. The molecule has 0 saturated carbocycles. The van der Waals surface area contributed by atoms with Gasteiger partial charge in [0.15, 0.2) is 0 Å². The Morgan fingerprint density at radius 1 is 0.354 bits per heavy atom. The smallest absolute Gasteiger partial charge is 0.437 e. The van der Waals surface area contributed by atoms with Crippen LogP contribution in [0.1, 0.15) is 78.6 Å². The van der Waals surface area contributed by atoms with Crippen molar-refractivity contribution in [2.24, 2.45) is 0 Å². The number of halogens is 18. The average molecular weight is 747 g/mol. The van der Waals surface area contributed by atoms with Crippen LogP contribution < -0.4 is 14.2 Å². The predicted octanol–water partition coefficient (Wildman–Crippen LogP) is 10.2. The van der Waals surface area contributed by atoms with E-state index in [2.05, 4.69) is 29.2 Å². The quantitative estimate of drug-likeness (QED) is 0.167. The van der Waals surface area contributed by atoms with Crippen molar-refractivity contribution in [1.29, 1.82) is 0 Å². The third-order valence-electron chi connectivity index (χ3n) is 6.77. The van der Waals surface area contributed by atoms with Crippen LogP contribution in [0.4, 0.5) is 79.0 Å². The molecule has 0 spiro atoms. The Balaban J connectivity index is 4.30. The van der Waals surface area contributed by atoms with E-state index in [1.807, 2.05) is 0 Å². The summed E-state index contributed by atoms with van der Waals surface area (Å²) in [4.78, 5) is 7.44. The zero-order valence-electron chi connectivity index (χ0n) is 24.7. The van der Waals surface area contributed by atoms with Gasteiger partial charge in [0.05, 0.1) is 0 Å². The molecule has 0 N–H and O–H groups in total. The van der Waals surface area contributed by atoms with E-state index in [4.69, 9.17) is 0 Å². The van der Waals surface area contributed by atoms with Gasteiger partial charge in [0.1, 0.15) is 0 Å². The van der Waals surface area contributed by atoms with Crippen LogP contribution >= 0.6 is 0 Å². The maximum atomic E-state index is 14.0. The second-order valence-corrected chi connectivity index (χ2v) is 10.3. The van der Waals surface area contributed by atoms with E-state index in [9.17, 15) is 79.0 Å². The van der Waals surface area contributed by atoms with Crippen molar-refractivity contribution >= 4 is 0 Å². The Bertz CT molecular complexity index is 976. The van der Waals surface area contributed by atoms with Gasteiger partial charge in [-0.05, 0) is 19.3 Å². The lowest BCUT2D eigenvalue weighted by molar-refractivity contribution is -0.363. The van der Waals surface area contributed by atoms with Crippen molar-refractivity contribution in [3.05, 3.63) is 0 Å². The van der Waals surface area contributed by atoms with E-state index in [1.165, 1.54) is 0 Å². The molecular weight excluding hydrogens is 720 g/mol. The first kappa shape index (κ1) is 43.2. The predicted molar refractivity (Wildman–Crippen MR) is 125 cm³/mol. The van der Waals surface area contributed by atoms with Gasteiger partial charge in [-0.1, -0.05) is 40.0 Å². The summed E-state index contributed by atoms with van der Waals surface area (Å²) in [6, 6.07) is -7.91. The van der Waals surface area contributed by atoms with Gasteiger partial charge in [0, 0.05) is 19.3 Å². The van der Waals surface area contributed by atoms with Crippen LogP contribution in [0.2, 0.25) is 0 Å². The number of rotatable bonds is 15. The second kappa shape index (κ2) is 14.6. The lowest BCUT2D eigenvalue weighted by atomic mass is 9.94. The molecule has 1 heterocycles. The summed E-state index contributed by atoms with van der Waals surface area (Å²) in [5, 5.41) is 0. The Hall–Kier alpha value is -2.85. The van der Waals surface area contributed by atoms with E-state index >= 15 is 0 Å². The van der Waals surface area contributed by atoms with Gasteiger partial charge < -0.3 is 14.2 Å². The zero-order valence-corrected chi connectivity index (χ0v) is 24.7. The van der Waals surface area contributed by atoms with E-state index in [0.717, 1.165) is 20.8 Å². The lowest BCUT2D eigenvalue weighted by Gasteiger charge is -2.38. The normalized spacial score (nSPS) is 14.7. The summed E-state index contributed by atoms with van der Waals surface area (Å²) in [6.07, 6.45) is -49.9. The van der Waals surface area contributed by atoms with Crippen LogP contribution in [-0.2, 0) is 0 Å². The van der Waals surface area contributed by atoms with Crippen LogP contribution in [0.5, 0.6) is 18.0 Å². The molecule has 0 amide bonds. The number of alkyl halides is 18. The van der Waals surface area contributed by atoms with E-state index in [1.54, 1.807) is 0 Å². The third-order valence-corrected chi connectivity index (χ3v) is 6.77. The van der Waals surface area contributed by atoms with Crippen LogP contribution in [0.25, 0.3) is 0 Å². The summed E-state index contributed by atoms with van der Waals surface area (Å²) in [6.45, 7) is 3.23. The molecule has 48 heavy (non-hydrogen) atoms. The van der Waals surface area contributed by atoms with Gasteiger partial charge >= 0.3 is 71.9 Å². The maximum Gasteiger partial charge on any atom is 0.437 e. The fourth-order valence-electron chi connectivity index (χ4n) is 4.03. The minimum Gasteiger partial charge on any atom is -0.437 e. The molecule has 0 bridgehead atoms. The highest BCUT2D eigenvalue weighted by molar-refractivity contribution is 5.16. The number of unbranched alkanes of at least 4 members (excludes halogenated alkanes) is 3. The van der Waals surface area contributed by atoms with Crippen LogP contribution in [-0.4, -0.2) is 68.8 Å². The number of ether oxygens (including phenoxy) is 3. The van der Waals surface area contributed by atoms with Crippen LogP contribution in [0.3, 0.4) is 0 Å². The fraction of sp³-hybridized carbons (Fsp3) is 0.875. The lowest BCUT2D eigenvalue weighted by Crippen LogP contribution is -2.62. The highest BCUT2D eigenvalue weighted by atomic mass is 19.4. The van der Waals surface area contributed by atoms with Gasteiger partial charge in [-0.2, -0.15) is 79.0 Å². The summed E-state index contributed by atoms with van der Waals surface area (Å²) >= 11 is 0. The van der Waals surface area contributed by atoms with Gasteiger partial charge in [-0.3, -0.25) is 0 Å². The molecule has 1 rings (SSSR count). The van der Waals surface area contributed by atoms with Crippen molar-refractivity contribution in [3.8, 4) is 18.0 Å². The van der Waals surface area contributed by atoms with Crippen molar-refractivity contribution in [3.63, 3.8) is 0 Å². The number of hydrogen-bond acceptors (Lipinski definition) is 6. The zero-order chi connectivity index (χ0) is 37.8. The van der Waals surface area contributed by atoms with Crippen molar-refractivity contribution in [1.82, 2.24) is 15.0 Å². The molecule has 0 radical (unpaired) electrons. The first-order chi connectivity index (χ1) is 21.4. The Labute approximate surface area is 259 Å². The Morgan fingerprint density at radius 2 is 0.521 bits per heavy atom. The van der Waals surface area contributed by atoms with Crippen LogP contribution in [0, 0.1) is 0 Å². The molecule has 0 aliphatic heterocycles. The number of hydrogen-bond donors (Lipinski definition) is 0. The molecule has 0 fully saturated rings. The van der Waals surface area contributed by atoms with Gasteiger partial charge in [-0.25, -0.2) is 0 Å². The molecule has 1 aromatic rings. The molecule has 1 aromatic heterocycles. The first-order valence-electron chi connectivity index (χ1n) is 13.7. The molecule has 24 heteroatoms. The average Bonchev–Trinajstić information content (AvgIpc) is 2.87. The molecule has 0 aromatic carbocycles. The molecule has 282 valence electrons. The molecule has 0 saturated heterocycles. The maximum absolute atomic E-state index is 14.0. The minimum atomic E-state index is -6.55. The monoisotopic (exact) mass is 747 g/mol. The number of aromatic nitrogens is 3. The second-order valence-electron chi connectivity index (χ2n) is 10.3. The Morgan fingerprint density at radius 3 is 0.646 bits per heavy atom. The third kappa shape index (κ3) is 8.84. The molecule has 0 aliphatic rings. The van der Waals surface area contributed by atoms with Gasteiger partial charge in [0.2, 0.25) is 0 Å². The van der Waals surface area contributed by atoms with Gasteiger partial charge in [0.25, 0.3) is 0 Å². The standard InChI is InChI=1S/C24H27F18N3O3/c1-4-7-10-16(19(25,26)27,20(28,29)30)46-13-43-14(47-17(11-8-5-2,21(31,32)33)22(34,35)36)45-15(44-13)48-18(12-9-6-3,23(37,38)39)24(40,41)42/h4-12H2,1-3H3. The Kier molecular flexibility index (Phi) is 13.1. The summed E-state index contributed by atoms with van der Waals surface area (Å²) < 4.78 is 263. The van der Waals surface area contributed by atoms with Crippen molar-refractivity contribution in [2.75, 3.05) is 0 Å². The SMILES string of the molecule is CCCCC(Oc1nc(OC(CCCC)(C(F)(F)F)C(F)(F)F)nc(OC(CCCC)(C(F)(F)F)C(F)(F)F)n1)(C(F)(F)F)C(F)(F)F. The summed E-state index contributed by atoms with van der Waals surface area (Å²) in [5.41, 5.74) is -16.4. The van der Waals surface area contributed by atoms with E-state index < -0.39 is 130 Å². The molecule has 0 unspecified atom stereocenters. The first-order valence-corrected chi connectivity index (χ1v) is 13.7. The minimum absolute atomic E-state index is 0.425. The molecular formula is C24H27F18N3O3. The van der Waals surface area contributed by atoms with Gasteiger partial charge in [-0.15, -0.1) is 15.0 Å². The number of nitrogens with zero attached hydrogens (tertiary/aromatic N) is 3. The highest BCUT2D eigenvalue weighted by Crippen LogP contribution is 2.52. The highest BCUT2D eigenvalue weighted by Gasteiger charge is 2.76. The summed E-state index contributed by atoms with van der Waals surface area (Å²) in [7, 11) is 0. The van der Waals surface area contributed by atoms with Crippen LogP contribution in [0.15, 0.2) is 0 Å². The van der Waals surface area contributed by atoms with Crippen molar-refractivity contribution < 1.29 is 93.2 Å². The summed E-state index contributed by atoms with van der Waals surface area (Å²) in [5.74, 6) is 0. The van der Waals surface area contributed by atoms with Crippen molar-refractivity contribution in [2.45, 2.75) is 132 Å². The van der Waals surface area contributed by atoms with E-state index in [0.29, 0.717) is 0 Å². The topological polar surface area (TPSA) is 66.4 Å². The molecule has 0 atom stereocenters. The fourth-order valence-corrected chi connectivity index (χ4v) is 4.03.